The van der Waals surface area contributed by atoms with Crippen LogP contribution in [0.2, 0.25) is 0 Å². The summed E-state index contributed by atoms with van der Waals surface area (Å²) in [5.74, 6) is 0.118. The van der Waals surface area contributed by atoms with Gasteiger partial charge >= 0.3 is 0 Å². The van der Waals surface area contributed by atoms with Crippen LogP contribution in [0.25, 0.3) is 0 Å². The number of piperazine rings is 1. The summed E-state index contributed by atoms with van der Waals surface area (Å²) < 4.78 is 13.6. The standard InChI is InChI=1S/C14H22FN5/c1-11(2)18-3-5-19(6-4-18)12-8-20(9-12)14-13(15)7-16-10-17-14/h7,10-12H,3-6,8-9H2,1-2H3. The molecule has 0 aliphatic carbocycles. The first kappa shape index (κ1) is 13.7. The Hall–Kier alpha value is -1.27. The van der Waals surface area contributed by atoms with E-state index in [9.17, 15) is 4.39 Å². The molecule has 110 valence electrons. The van der Waals surface area contributed by atoms with E-state index in [-0.39, 0.29) is 5.82 Å². The molecule has 0 amide bonds. The van der Waals surface area contributed by atoms with Gasteiger partial charge in [0, 0.05) is 51.4 Å². The highest BCUT2D eigenvalue weighted by Crippen LogP contribution is 2.24. The maximum Gasteiger partial charge on any atom is 0.183 e. The highest BCUT2D eigenvalue weighted by molar-refractivity contribution is 5.42. The van der Waals surface area contributed by atoms with Gasteiger partial charge in [0.1, 0.15) is 6.33 Å². The molecule has 2 saturated heterocycles. The van der Waals surface area contributed by atoms with Gasteiger partial charge in [-0.05, 0) is 13.8 Å². The molecule has 1 aromatic rings. The lowest BCUT2D eigenvalue weighted by molar-refractivity contribution is 0.0674. The molecule has 0 bridgehead atoms. The molecule has 1 aromatic heterocycles. The van der Waals surface area contributed by atoms with E-state index in [1.165, 1.54) is 12.5 Å². The minimum atomic E-state index is -0.324. The Balaban J connectivity index is 1.51. The van der Waals surface area contributed by atoms with Crippen molar-refractivity contribution in [2.45, 2.75) is 25.9 Å². The van der Waals surface area contributed by atoms with Crippen LogP contribution in [0.1, 0.15) is 13.8 Å². The van der Waals surface area contributed by atoms with Crippen molar-refractivity contribution in [3.63, 3.8) is 0 Å². The molecule has 6 heteroatoms. The molecule has 3 rings (SSSR count). The molecular formula is C14H22FN5. The zero-order valence-electron chi connectivity index (χ0n) is 12.2. The van der Waals surface area contributed by atoms with Gasteiger partial charge in [0.15, 0.2) is 11.6 Å². The second-order valence-electron chi connectivity index (χ2n) is 5.92. The molecule has 2 aliphatic heterocycles. The van der Waals surface area contributed by atoms with E-state index in [0.717, 1.165) is 39.3 Å². The molecule has 0 atom stereocenters. The zero-order chi connectivity index (χ0) is 14.1. The minimum absolute atomic E-state index is 0.324. The summed E-state index contributed by atoms with van der Waals surface area (Å²) in [4.78, 5) is 14.7. The highest BCUT2D eigenvalue weighted by atomic mass is 19.1. The van der Waals surface area contributed by atoms with Crippen molar-refractivity contribution in [1.82, 2.24) is 19.8 Å². The molecule has 3 heterocycles. The topological polar surface area (TPSA) is 35.5 Å². The van der Waals surface area contributed by atoms with Crippen molar-refractivity contribution in [2.24, 2.45) is 0 Å². The lowest BCUT2D eigenvalue weighted by atomic mass is 10.1. The average molecular weight is 279 g/mol. The Labute approximate surface area is 119 Å². The number of rotatable bonds is 3. The fraction of sp³-hybridized carbons (Fsp3) is 0.714. The van der Waals surface area contributed by atoms with E-state index in [0.29, 0.717) is 17.9 Å². The summed E-state index contributed by atoms with van der Waals surface area (Å²) >= 11 is 0. The second-order valence-corrected chi connectivity index (χ2v) is 5.92. The summed E-state index contributed by atoms with van der Waals surface area (Å²) in [6.45, 7) is 10.7. The van der Waals surface area contributed by atoms with Crippen LogP contribution in [0.3, 0.4) is 0 Å². The van der Waals surface area contributed by atoms with Gasteiger partial charge in [-0.25, -0.2) is 14.4 Å². The molecule has 0 unspecified atom stereocenters. The molecule has 20 heavy (non-hydrogen) atoms. The molecule has 5 nitrogen and oxygen atoms in total. The number of halogens is 1. The Bertz CT molecular complexity index is 453. The van der Waals surface area contributed by atoms with Gasteiger partial charge in [0.05, 0.1) is 6.20 Å². The van der Waals surface area contributed by atoms with Crippen LogP contribution in [0.5, 0.6) is 0 Å². The number of aromatic nitrogens is 2. The first-order valence-electron chi connectivity index (χ1n) is 7.33. The maximum absolute atomic E-state index is 13.6. The summed E-state index contributed by atoms with van der Waals surface area (Å²) in [7, 11) is 0. The summed E-state index contributed by atoms with van der Waals surface area (Å²) in [5, 5.41) is 0. The second kappa shape index (κ2) is 5.61. The molecule has 0 saturated carbocycles. The molecule has 2 fully saturated rings. The monoisotopic (exact) mass is 279 g/mol. The Morgan fingerprint density at radius 1 is 1.20 bits per heavy atom. The Kier molecular flexibility index (Phi) is 3.85. The molecule has 0 spiro atoms. The van der Waals surface area contributed by atoms with Crippen molar-refractivity contribution < 1.29 is 4.39 Å². The first-order chi connectivity index (χ1) is 9.65. The van der Waals surface area contributed by atoms with Gasteiger partial charge in [0.25, 0.3) is 0 Å². The van der Waals surface area contributed by atoms with Gasteiger partial charge < -0.3 is 4.90 Å². The van der Waals surface area contributed by atoms with Crippen LogP contribution in [0.15, 0.2) is 12.5 Å². The third kappa shape index (κ3) is 2.62. The molecule has 0 N–H and O–H groups in total. The van der Waals surface area contributed by atoms with Gasteiger partial charge in [-0.3, -0.25) is 9.80 Å². The summed E-state index contributed by atoms with van der Waals surface area (Å²) in [5.41, 5.74) is 0. The van der Waals surface area contributed by atoms with E-state index in [1.807, 2.05) is 4.90 Å². The van der Waals surface area contributed by atoms with E-state index >= 15 is 0 Å². The smallest absolute Gasteiger partial charge is 0.183 e. The predicted octanol–water partition coefficient (Wildman–Crippen LogP) is 0.830. The van der Waals surface area contributed by atoms with E-state index in [1.54, 1.807) is 0 Å². The van der Waals surface area contributed by atoms with Crippen LogP contribution in [-0.2, 0) is 0 Å². The number of hydrogen-bond acceptors (Lipinski definition) is 5. The number of nitrogens with zero attached hydrogens (tertiary/aromatic N) is 5. The Morgan fingerprint density at radius 3 is 2.50 bits per heavy atom. The van der Waals surface area contributed by atoms with Gasteiger partial charge in [-0.2, -0.15) is 0 Å². The van der Waals surface area contributed by atoms with Crippen molar-refractivity contribution >= 4 is 5.82 Å². The van der Waals surface area contributed by atoms with Crippen LogP contribution >= 0.6 is 0 Å². The van der Waals surface area contributed by atoms with Gasteiger partial charge in [-0.15, -0.1) is 0 Å². The van der Waals surface area contributed by atoms with E-state index in [2.05, 4.69) is 33.6 Å². The lowest BCUT2D eigenvalue weighted by Gasteiger charge is -2.49. The SMILES string of the molecule is CC(C)N1CCN(C2CN(c3ncncc3F)C2)CC1. The largest absolute Gasteiger partial charge is 0.351 e. The first-order valence-corrected chi connectivity index (χ1v) is 7.33. The zero-order valence-corrected chi connectivity index (χ0v) is 12.2. The molecule has 2 aliphatic rings. The summed E-state index contributed by atoms with van der Waals surface area (Å²) in [6.07, 6.45) is 2.64. The number of hydrogen-bond donors (Lipinski definition) is 0. The maximum atomic E-state index is 13.6. The molecule has 0 radical (unpaired) electrons. The van der Waals surface area contributed by atoms with Crippen molar-refractivity contribution in [2.75, 3.05) is 44.2 Å². The predicted molar refractivity (Wildman–Crippen MR) is 76.3 cm³/mol. The summed E-state index contributed by atoms with van der Waals surface area (Å²) in [6, 6.07) is 1.17. The van der Waals surface area contributed by atoms with Crippen molar-refractivity contribution in [3.8, 4) is 0 Å². The highest BCUT2D eigenvalue weighted by Gasteiger charge is 2.35. The van der Waals surface area contributed by atoms with Crippen molar-refractivity contribution in [1.29, 1.82) is 0 Å². The van der Waals surface area contributed by atoms with Crippen LogP contribution < -0.4 is 4.90 Å². The van der Waals surface area contributed by atoms with Crippen LogP contribution in [0, 0.1) is 5.82 Å². The average Bonchev–Trinajstić information content (AvgIpc) is 2.40. The third-order valence-electron chi connectivity index (χ3n) is 4.41. The fourth-order valence-corrected chi connectivity index (χ4v) is 3.02. The van der Waals surface area contributed by atoms with E-state index < -0.39 is 0 Å². The van der Waals surface area contributed by atoms with Crippen LogP contribution in [0.4, 0.5) is 10.2 Å². The molecule has 0 aromatic carbocycles. The lowest BCUT2D eigenvalue weighted by Crippen LogP contribution is -2.64. The van der Waals surface area contributed by atoms with Gasteiger partial charge in [-0.1, -0.05) is 0 Å². The van der Waals surface area contributed by atoms with E-state index in [4.69, 9.17) is 0 Å². The number of anilines is 1. The minimum Gasteiger partial charge on any atom is -0.351 e. The fourth-order valence-electron chi connectivity index (χ4n) is 3.02. The van der Waals surface area contributed by atoms with Gasteiger partial charge in [0.2, 0.25) is 0 Å². The third-order valence-corrected chi connectivity index (χ3v) is 4.41. The Morgan fingerprint density at radius 2 is 1.90 bits per heavy atom. The van der Waals surface area contributed by atoms with Crippen molar-refractivity contribution in [3.05, 3.63) is 18.3 Å². The van der Waals surface area contributed by atoms with Crippen LogP contribution in [-0.4, -0.2) is 71.1 Å². The molecular weight excluding hydrogens is 257 g/mol. The quantitative estimate of drug-likeness (QED) is 0.819. The normalized spacial score (nSPS) is 22.3.